The van der Waals surface area contributed by atoms with E-state index in [2.05, 4.69) is 20.6 Å². The first-order chi connectivity index (χ1) is 14.7. The molecule has 3 rings (SSSR count). The van der Waals surface area contributed by atoms with Crippen LogP contribution in [-0.4, -0.2) is 55.7 Å². The Morgan fingerprint density at radius 2 is 2.06 bits per heavy atom. The molecule has 0 unspecified atom stereocenters. The molecule has 0 saturated heterocycles. The van der Waals surface area contributed by atoms with Gasteiger partial charge < -0.3 is 36.1 Å². The first-order valence-corrected chi connectivity index (χ1v) is 9.66. The number of furan rings is 1. The molecular weight excluding hydrogens is 410 g/mol. The number of aryl methyl sites for hydroxylation is 1. The van der Waals surface area contributed by atoms with Crippen molar-refractivity contribution in [3.8, 4) is 5.88 Å². The van der Waals surface area contributed by atoms with Gasteiger partial charge in [-0.3, -0.25) is 9.59 Å². The van der Waals surface area contributed by atoms with Crippen LogP contribution in [0.4, 0.5) is 11.8 Å². The van der Waals surface area contributed by atoms with Gasteiger partial charge in [0, 0.05) is 19.4 Å². The minimum atomic E-state index is -1.32. The molecule has 0 saturated carbocycles. The molecule has 0 radical (unpaired) electrons. The topological polar surface area (TPSA) is 201 Å². The number of rotatable bonds is 9. The van der Waals surface area contributed by atoms with Gasteiger partial charge in [-0.25, -0.2) is 4.79 Å². The molecule has 12 nitrogen and oxygen atoms in total. The molecule has 1 aliphatic heterocycles. The van der Waals surface area contributed by atoms with E-state index < -0.39 is 23.9 Å². The Labute approximate surface area is 176 Å². The molecule has 0 fully saturated rings. The molecule has 12 heteroatoms. The maximum Gasteiger partial charge on any atom is 0.326 e. The highest BCUT2D eigenvalue weighted by Gasteiger charge is 2.25. The molecule has 2 aromatic heterocycles. The van der Waals surface area contributed by atoms with E-state index in [0.29, 0.717) is 42.9 Å². The summed E-state index contributed by atoms with van der Waals surface area (Å²) < 4.78 is 5.52. The summed E-state index contributed by atoms with van der Waals surface area (Å²) in [6, 6.07) is 1.75. The van der Waals surface area contributed by atoms with E-state index in [0.717, 1.165) is 0 Å². The van der Waals surface area contributed by atoms with Crippen molar-refractivity contribution < 1.29 is 34.1 Å². The van der Waals surface area contributed by atoms with E-state index in [-0.39, 0.29) is 36.3 Å². The highest BCUT2D eigenvalue weighted by Crippen LogP contribution is 2.31. The average Bonchev–Trinajstić information content (AvgIpc) is 3.18. The standard InChI is InChI=1S/C19H23N5O7/c20-19-23-15-11(16(27)24-19)7-9(8-21-15)1-2-10-3-5-13(31-10)17(28)22-12(18(29)30)4-6-14(25)26/h3,5,9,12H,1-2,4,6-8H2,(H,22,28)(H,25,26)(H,29,30)(H4,20,21,23,24,27)/t9-,12-/m0/s1. The van der Waals surface area contributed by atoms with Crippen LogP contribution in [0.3, 0.4) is 0 Å². The van der Waals surface area contributed by atoms with Gasteiger partial charge in [-0.2, -0.15) is 9.97 Å². The number of amides is 1. The van der Waals surface area contributed by atoms with Gasteiger partial charge in [0.2, 0.25) is 11.8 Å². The van der Waals surface area contributed by atoms with Crippen LogP contribution in [0.5, 0.6) is 5.88 Å². The fraction of sp³-hybridized carbons (Fsp3) is 0.421. The number of carbonyl (C=O) groups is 3. The Morgan fingerprint density at radius 3 is 2.77 bits per heavy atom. The zero-order valence-electron chi connectivity index (χ0n) is 16.5. The van der Waals surface area contributed by atoms with Gasteiger partial charge in [0.15, 0.2) is 5.76 Å². The minimum Gasteiger partial charge on any atom is -0.493 e. The van der Waals surface area contributed by atoms with Crippen molar-refractivity contribution in [2.45, 2.75) is 38.1 Å². The summed E-state index contributed by atoms with van der Waals surface area (Å²) in [7, 11) is 0. The summed E-state index contributed by atoms with van der Waals surface area (Å²) in [5, 5.41) is 33.2. The summed E-state index contributed by atoms with van der Waals surface area (Å²) in [6.07, 6.45) is 1.16. The number of nitrogen functional groups attached to an aromatic ring is 1. The fourth-order valence-corrected chi connectivity index (χ4v) is 3.36. The molecule has 0 aromatic carbocycles. The largest absolute Gasteiger partial charge is 0.493 e. The molecule has 1 amide bonds. The van der Waals surface area contributed by atoms with Gasteiger partial charge in [0.25, 0.3) is 5.91 Å². The smallest absolute Gasteiger partial charge is 0.326 e. The Bertz CT molecular complexity index is 990. The Kier molecular flexibility index (Phi) is 6.58. The summed E-state index contributed by atoms with van der Waals surface area (Å²) in [6.45, 7) is 0.626. The van der Waals surface area contributed by atoms with E-state index in [1.165, 1.54) is 6.07 Å². The number of nitrogens with zero attached hydrogens (tertiary/aromatic N) is 2. The predicted octanol–water partition coefficient (Wildman–Crippen LogP) is 0.622. The second-order valence-corrected chi connectivity index (χ2v) is 7.28. The lowest BCUT2D eigenvalue weighted by Gasteiger charge is -2.25. The molecule has 2 atom stereocenters. The third-order valence-electron chi connectivity index (χ3n) is 4.99. The normalized spacial score (nSPS) is 16.1. The lowest BCUT2D eigenvalue weighted by Crippen LogP contribution is -2.41. The molecule has 3 heterocycles. The highest BCUT2D eigenvalue weighted by atomic mass is 16.4. The lowest BCUT2D eigenvalue weighted by molar-refractivity contribution is -0.140. The molecule has 2 aromatic rings. The SMILES string of the molecule is Nc1nc(O)c2c(n1)NC[C@@H](CCc1ccc(C(=O)N[C@@H](CCC(=O)O)C(=O)O)o1)C2. The Hall–Kier alpha value is -3.83. The number of nitrogens with one attached hydrogen (secondary N) is 2. The molecule has 0 spiro atoms. The van der Waals surface area contributed by atoms with Crippen LogP contribution in [-0.2, 0) is 22.4 Å². The molecule has 7 N–H and O–H groups in total. The number of aromatic hydroxyl groups is 1. The minimum absolute atomic E-state index is 0.00307. The van der Waals surface area contributed by atoms with Crippen molar-refractivity contribution >= 4 is 29.6 Å². The highest BCUT2D eigenvalue weighted by molar-refractivity contribution is 5.94. The summed E-state index contributed by atoms with van der Waals surface area (Å²) in [5.41, 5.74) is 6.13. The van der Waals surface area contributed by atoms with Crippen molar-refractivity contribution in [2.75, 3.05) is 17.6 Å². The van der Waals surface area contributed by atoms with E-state index in [1.54, 1.807) is 6.07 Å². The lowest BCUT2D eigenvalue weighted by atomic mass is 9.92. The van der Waals surface area contributed by atoms with Gasteiger partial charge in [-0.15, -0.1) is 0 Å². The fourth-order valence-electron chi connectivity index (χ4n) is 3.36. The molecule has 1 aliphatic rings. The van der Waals surface area contributed by atoms with Gasteiger partial charge in [-0.1, -0.05) is 0 Å². The van der Waals surface area contributed by atoms with E-state index in [9.17, 15) is 19.5 Å². The molecule has 31 heavy (non-hydrogen) atoms. The Morgan fingerprint density at radius 1 is 1.29 bits per heavy atom. The third kappa shape index (κ3) is 5.62. The van der Waals surface area contributed by atoms with Crippen molar-refractivity contribution in [1.29, 1.82) is 0 Å². The monoisotopic (exact) mass is 433 g/mol. The van der Waals surface area contributed by atoms with Crippen LogP contribution >= 0.6 is 0 Å². The zero-order chi connectivity index (χ0) is 22.5. The Balaban J connectivity index is 1.54. The maximum atomic E-state index is 12.2. The van der Waals surface area contributed by atoms with Crippen molar-refractivity contribution in [1.82, 2.24) is 15.3 Å². The maximum absolute atomic E-state index is 12.2. The van der Waals surface area contributed by atoms with E-state index >= 15 is 0 Å². The van der Waals surface area contributed by atoms with Crippen LogP contribution in [0.25, 0.3) is 0 Å². The van der Waals surface area contributed by atoms with Crippen LogP contribution in [0.2, 0.25) is 0 Å². The van der Waals surface area contributed by atoms with Gasteiger partial charge in [0.1, 0.15) is 17.6 Å². The quantitative estimate of drug-likeness (QED) is 0.324. The van der Waals surface area contributed by atoms with Crippen LogP contribution in [0.1, 0.15) is 41.1 Å². The number of hydrogen-bond donors (Lipinski definition) is 6. The molecule has 0 aliphatic carbocycles. The summed E-state index contributed by atoms with van der Waals surface area (Å²) in [4.78, 5) is 41.9. The van der Waals surface area contributed by atoms with Gasteiger partial charge in [-0.05, 0) is 37.3 Å². The number of fused-ring (bicyclic) bond motifs is 1. The number of nitrogens with two attached hydrogens (primary N) is 1. The number of carboxylic acid groups (broad SMARTS) is 2. The number of hydrogen-bond acceptors (Lipinski definition) is 9. The van der Waals surface area contributed by atoms with E-state index in [1.807, 2.05) is 0 Å². The third-order valence-corrected chi connectivity index (χ3v) is 4.99. The second kappa shape index (κ2) is 9.32. The predicted molar refractivity (Wildman–Crippen MR) is 107 cm³/mol. The van der Waals surface area contributed by atoms with Crippen LogP contribution in [0, 0.1) is 5.92 Å². The number of aromatic nitrogens is 2. The second-order valence-electron chi connectivity index (χ2n) is 7.28. The number of anilines is 2. The van der Waals surface area contributed by atoms with Crippen molar-refractivity contribution in [3.63, 3.8) is 0 Å². The molecule has 166 valence electrons. The first-order valence-electron chi connectivity index (χ1n) is 9.66. The molecule has 0 bridgehead atoms. The first kappa shape index (κ1) is 21.9. The van der Waals surface area contributed by atoms with Crippen LogP contribution < -0.4 is 16.4 Å². The van der Waals surface area contributed by atoms with Crippen molar-refractivity contribution in [2.24, 2.45) is 5.92 Å². The van der Waals surface area contributed by atoms with Gasteiger partial charge >= 0.3 is 11.9 Å². The van der Waals surface area contributed by atoms with Gasteiger partial charge in [0.05, 0.1) is 5.56 Å². The van der Waals surface area contributed by atoms with Crippen molar-refractivity contribution in [3.05, 3.63) is 29.2 Å². The summed E-state index contributed by atoms with van der Waals surface area (Å²) in [5.74, 6) is -2.16. The molecular formula is C19H23N5O7. The van der Waals surface area contributed by atoms with Crippen LogP contribution in [0.15, 0.2) is 16.5 Å². The zero-order valence-corrected chi connectivity index (χ0v) is 16.5. The number of carbonyl (C=O) groups excluding carboxylic acids is 1. The summed E-state index contributed by atoms with van der Waals surface area (Å²) >= 11 is 0. The number of carboxylic acids is 2. The number of aliphatic carboxylic acids is 2. The van der Waals surface area contributed by atoms with E-state index in [4.69, 9.17) is 20.4 Å². The average molecular weight is 433 g/mol.